The van der Waals surface area contributed by atoms with Crippen molar-refractivity contribution in [3.63, 3.8) is 0 Å². The predicted octanol–water partition coefficient (Wildman–Crippen LogP) is 3.04. The van der Waals surface area contributed by atoms with Crippen LogP contribution >= 0.6 is 0 Å². The molecule has 2 rings (SSSR count). The molecule has 0 aliphatic rings. The zero-order valence-corrected chi connectivity index (χ0v) is 11.0. The van der Waals surface area contributed by atoms with E-state index in [9.17, 15) is 4.79 Å². The number of ether oxygens (including phenoxy) is 1. The van der Waals surface area contributed by atoms with Crippen LogP contribution in [0.4, 0.5) is 0 Å². The maximum atomic E-state index is 11.8. The Morgan fingerprint density at radius 2 is 1.89 bits per heavy atom. The number of benzene rings is 1. The Labute approximate surface area is 113 Å². The summed E-state index contributed by atoms with van der Waals surface area (Å²) < 4.78 is 5.04. The first-order chi connectivity index (χ1) is 9.31. The fourth-order valence-electron chi connectivity index (χ4n) is 1.94. The first-order valence-corrected chi connectivity index (χ1v) is 6.46. The maximum Gasteiger partial charge on any atom is 0.339 e. The van der Waals surface area contributed by atoms with E-state index in [0.29, 0.717) is 12.2 Å². The molecule has 19 heavy (non-hydrogen) atoms. The lowest BCUT2D eigenvalue weighted by atomic mass is 10.0. The van der Waals surface area contributed by atoms with Crippen LogP contribution in [0.2, 0.25) is 0 Å². The lowest BCUT2D eigenvalue weighted by molar-refractivity contribution is 0.0524. The minimum absolute atomic E-state index is 0.293. The quantitative estimate of drug-likeness (QED) is 0.771. The Bertz CT molecular complexity index is 537. The summed E-state index contributed by atoms with van der Waals surface area (Å²) in [6, 6.07) is 13.7. The van der Waals surface area contributed by atoms with Crippen LogP contribution in [0.5, 0.6) is 0 Å². The molecular weight excluding hydrogens is 238 g/mol. The fourth-order valence-corrected chi connectivity index (χ4v) is 1.94. The summed E-state index contributed by atoms with van der Waals surface area (Å²) in [4.78, 5) is 16.1. The van der Waals surface area contributed by atoms with Crippen LogP contribution in [0, 0.1) is 0 Å². The Hall–Kier alpha value is -2.16. The maximum absolute atomic E-state index is 11.8. The second-order valence-electron chi connectivity index (χ2n) is 4.20. The van der Waals surface area contributed by atoms with E-state index in [1.54, 1.807) is 25.3 Å². The van der Waals surface area contributed by atoms with Gasteiger partial charge < -0.3 is 4.74 Å². The van der Waals surface area contributed by atoms with Crippen LogP contribution < -0.4 is 0 Å². The molecule has 0 N–H and O–H groups in total. The van der Waals surface area contributed by atoms with Gasteiger partial charge in [-0.05, 0) is 37.5 Å². The van der Waals surface area contributed by atoms with E-state index < -0.39 is 0 Å². The minimum Gasteiger partial charge on any atom is -0.462 e. The molecule has 0 saturated carbocycles. The van der Waals surface area contributed by atoms with Gasteiger partial charge >= 0.3 is 5.97 Å². The summed E-state index contributed by atoms with van der Waals surface area (Å²) in [5, 5.41) is 0. The van der Waals surface area contributed by atoms with Gasteiger partial charge in [-0.3, -0.25) is 4.98 Å². The van der Waals surface area contributed by atoms with Crippen molar-refractivity contribution in [1.29, 1.82) is 0 Å². The summed E-state index contributed by atoms with van der Waals surface area (Å²) in [5.41, 5.74) is 2.60. The van der Waals surface area contributed by atoms with Crippen LogP contribution in [0.25, 0.3) is 0 Å². The molecule has 2 aromatic rings. The third-order valence-corrected chi connectivity index (χ3v) is 2.88. The van der Waals surface area contributed by atoms with Gasteiger partial charge in [0.2, 0.25) is 0 Å². The third kappa shape index (κ3) is 3.65. The van der Waals surface area contributed by atoms with Crippen LogP contribution in [0.3, 0.4) is 0 Å². The topological polar surface area (TPSA) is 39.2 Å². The van der Waals surface area contributed by atoms with Crippen LogP contribution in [-0.2, 0) is 17.6 Å². The van der Waals surface area contributed by atoms with E-state index in [1.165, 1.54) is 5.56 Å². The lowest BCUT2D eigenvalue weighted by Gasteiger charge is -2.07. The number of pyridine rings is 1. The molecule has 1 aromatic heterocycles. The van der Waals surface area contributed by atoms with E-state index in [2.05, 4.69) is 17.1 Å². The fraction of sp³-hybridized carbons (Fsp3) is 0.250. The van der Waals surface area contributed by atoms with Crippen molar-refractivity contribution >= 4 is 5.97 Å². The van der Waals surface area contributed by atoms with Gasteiger partial charge in [-0.2, -0.15) is 0 Å². The minimum atomic E-state index is -0.293. The van der Waals surface area contributed by atoms with Crippen LogP contribution in [-0.4, -0.2) is 17.6 Å². The molecule has 0 aliphatic carbocycles. The van der Waals surface area contributed by atoms with Crippen LogP contribution in [0.1, 0.15) is 28.5 Å². The molecule has 0 atom stereocenters. The summed E-state index contributed by atoms with van der Waals surface area (Å²) in [5.74, 6) is -0.293. The van der Waals surface area contributed by atoms with Crippen molar-refractivity contribution in [3.05, 3.63) is 65.5 Å². The number of aryl methyl sites for hydroxylation is 2. The van der Waals surface area contributed by atoms with Crippen molar-refractivity contribution in [3.8, 4) is 0 Å². The number of hydrogen-bond donors (Lipinski definition) is 0. The first kappa shape index (κ1) is 13.3. The van der Waals surface area contributed by atoms with Crippen molar-refractivity contribution in [2.75, 3.05) is 6.61 Å². The van der Waals surface area contributed by atoms with Gasteiger partial charge in [-0.1, -0.05) is 30.3 Å². The second kappa shape index (κ2) is 6.69. The van der Waals surface area contributed by atoms with Crippen LogP contribution in [0.15, 0.2) is 48.7 Å². The van der Waals surface area contributed by atoms with Gasteiger partial charge in [0, 0.05) is 6.20 Å². The molecule has 0 aliphatic heterocycles. The first-order valence-electron chi connectivity index (χ1n) is 6.46. The van der Waals surface area contributed by atoms with Crippen molar-refractivity contribution < 1.29 is 9.53 Å². The van der Waals surface area contributed by atoms with Crippen molar-refractivity contribution in [1.82, 2.24) is 4.98 Å². The predicted molar refractivity (Wildman–Crippen MR) is 74.0 cm³/mol. The molecule has 3 nitrogen and oxygen atoms in total. The van der Waals surface area contributed by atoms with E-state index in [4.69, 9.17) is 4.74 Å². The average Bonchev–Trinajstić information content (AvgIpc) is 2.47. The van der Waals surface area contributed by atoms with Crippen molar-refractivity contribution in [2.24, 2.45) is 0 Å². The van der Waals surface area contributed by atoms with E-state index in [0.717, 1.165) is 18.5 Å². The number of nitrogens with zero attached hydrogens (tertiary/aromatic N) is 1. The van der Waals surface area contributed by atoms with Gasteiger partial charge in [-0.15, -0.1) is 0 Å². The van der Waals surface area contributed by atoms with Gasteiger partial charge in [-0.25, -0.2) is 4.79 Å². The molecule has 0 fully saturated rings. The highest BCUT2D eigenvalue weighted by Crippen LogP contribution is 2.11. The molecule has 3 heteroatoms. The van der Waals surface area contributed by atoms with E-state index >= 15 is 0 Å². The number of carbonyl (C=O) groups is 1. The highest BCUT2D eigenvalue weighted by Gasteiger charge is 2.12. The van der Waals surface area contributed by atoms with E-state index in [1.807, 2.05) is 18.2 Å². The van der Waals surface area contributed by atoms with Gasteiger partial charge in [0.05, 0.1) is 17.9 Å². The van der Waals surface area contributed by atoms with E-state index in [-0.39, 0.29) is 5.97 Å². The third-order valence-electron chi connectivity index (χ3n) is 2.88. The highest BCUT2D eigenvalue weighted by molar-refractivity contribution is 5.90. The Morgan fingerprint density at radius 3 is 2.63 bits per heavy atom. The zero-order valence-electron chi connectivity index (χ0n) is 11.0. The average molecular weight is 255 g/mol. The SMILES string of the molecule is CCOC(=O)c1cccnc1CCc1ccccc1. The monoisotopic (exact) mass is 255 g/mol. The Balaban J connectivity index is 2.10. The Kier molecular flexibility index (Phi) is 4.67. The molecular formula is C16H17NO2. The molecule has 0 saturated heterocycles. The van der Waals surface area contributed by atoms with Gasteiger partial charge in [0.1, 0.15) is 0 Å². The van der Waals surface area contributed by atoms with Crippen molar-refractivity contribution in [2.45, 2.75) is 19.8 Å². The number of rotatable bonds is 5. The normalized spacial score (nSPS) is 10.2. The Morgan fingerprint density at radius 1 is 1.11 bits per heavy atom. The molecule has 0 radical (unpaired) electrons. The highest BCUT2D eigenvalue weighted by atomic mass is 16.5. The van der Waals surface area contributed by atoms with Gasteiger partial charge in [0.15, 0.2) is 0 Å². The summed E-state index contributed by atoms with van der Waals surface area (Å²) >= 11 is 0. The molecule has 0 spiro atoms. The molecule has 1 aromatic carbocycles. The standard InChI is InChI=1S/C16H17NO2/c1-2-19-16(18)14-9-6-12-17-15(14)11-10-13-7-4-3-5-8-13/h3-9,12H,2,10-11H2,1H3. The summed E-state index contributed by atoms with van der Waals surface area (Å²) in [7, 11) is 0. The molecule has 1 heterocycles. The molecule has 98 valence electrons. The number of carbonyl (C=O) groups excluding carboxylic acids is 1. The molecule has 0 unspecified atom stereocenters. The summed E-state index contributed by atoms with van der Waals surface area (Å²) in [6.07, 6.45) is 3.31. The number of esters is 1. The molecule has 0 amide bonds. The molecule has 0 bridgehead atoms. The smallest absolute Gasteiger partial charge is 0.339 e. The number of aromatic nitrogens is 1. The largest absolute Gasteiger partial charge is 0.462 e. The zero-order chi connectivity index (χ0) is 13.5. The van der Waals surface area contributed by atoms with Gasteiger partial charge in [0.25, 0.3) is 0 Å². The second-order valence-corrected chi connectivity index (χ2v) is 4.20. The summed E-state index contributed by atoms with van der Waals surface area (Å²) in [6.45, 7) is 2.18. The lowest BCUT2D eigenvalue weighted by Crippen LogP contribution is -2.10. The number of hydrogen-bond acceptors (Lipinski definition) is 3.